The Balaban J connectivity index is 1.38. The maximum atomic E-state index is 12.3. The minimum absolute atomic E-state index is 0.109. The van der Waals surface area contributed by atoms with Crippen molar-refractivity contribution in [1.82, 2.24) is 9.88 Å². The topological polar surface area (TPSA) is 85.4 Å². The molecule has 1 aliphatic carbocycles. The molecule has 1 saturated heterocycles. The zero-order valence-electron chi connectivity index (χ0n) is 13.8. The number of benzene rings is 1. The van der Waals surface area contributed by atoms with E-state index in [1.807, 2.05) is 35.2 Å². The Morgan fingerprint density at radius 2 is 1.92 bits per heavy atom. The van der Waals surface area contributed by atoms with Gasteiger partial charge in [-0.05, 0) is 25.0 Å². The van der Waals surface area contributed by atoms with Crippen LogP contribution < -0.4 is 10.2 Å². The number of carbonyl (C=O) groups excluding carboxylic acids is 1. The summed E-state index contributed by atoms with van der Waals surface area (Å²) in [6.45, 7) is 2.39. The summed E-state index contributed by atoms with van der Waals surface area (Å²) < 4.78 is 5.83. The first-order valence-corrected chi connectivity index (χ1v) is 8.51. The van der Waals surface area contributed by atoms with Crippen LogP contribution in [0.5, 0.6) is 0 Å². The Bertz CT molecular complexity index is 799. The standard InChI is InChI=1S/C18H19N5O2/c19-12-15-17(25-16(21-15)13-6-7-13)22-8-10-23(11-9-22)18(24)20-14-4-2-1-3-5-14/h1-5,13H,6-11H2,(H,20,24). The van der Waals surface area contributed by atoms with Crippen LogP contribution in [-0.2, 0) is 0 Å². The lowest BCUT2D eigenvalue weighted by Gasteiger charge is -2.34. The van der Waals surface area contributed by atoms with Gasteiger partial charge in [0.15, 0.2) is 0 Å². The van der Waals surface area contributed by atoms with Gasteiger partial charge in [-0.2, -0.15) is 5.26 Å². The number of amides is 2. The molecular weight excluding hydrogens is 318 g/mol. The Morgan fingerprint density at radius 3 is 2.56 bits per heavy atom. The van der Waals surface area contributed by atoms with Crippen LogP contribution in [0.3, 0.4) is 0 Å². The Hall–Kier alpha value is -3.01. The highest BCUT2D eigenvalue weighted by Gasteiger charge is 2.32. The van der Waals surface area contributed by atoms with E-state index in [2.05, 4.69) is 16.4 Å². The molecule has 0 unspecified atom stereocenters. The third kappa shape index (κ3) is 3.29. The fourth-order valence-corrected chi connectivity index (χ4v) is 2.96. The number of nitrogens with one attached hydrogen (secondary N) is 1. The first kappa shape index (κ1) is 15.5. The molecule has 1 saturated carbocycles. The average Bonchev–Trinajstić information content (AvgIpc) is 3.41. The van der Waals surface area contributed by atoms with Gasteiger partial charge in [-0.15, -0.1) is 0 Å². The van der Waals surface area contributed by atoms with Gasteiger partial charge in [-0.1, -0.05) is 18.2 Å². The molecule has 1 N–H and O–H groups in total. The summed E-state index contributed by atoms with van der Waals surface area (Å²) in [6.07, 6.45) is 2.16. The van der Waals surface area contributed by atoms with Crippen LogP contribution in [-0.4, -0.2) is 42.1 Å². The molecule has 1 aliphatic heterocycles. The SMILES string of the molecule is N#Cc1nc(C2CC2)oc1N1CCN(C(=O)Nc2ccccc2)CC1. The molecule has 2 fully saturated rings. The molecule has 128 valence electrons. The highest BCUT2D eigenvalue weighted by molar-refractivity contribution is 5.89. The highest BCUT2D eigenvalue weighted by Crippen LogP contribution is 2.41. The van der Waals surface area contributed by atoms with Crippen LogP contribution in [0.1, 0.15) is 30.3 Å². The molecule has 0 bridgehead atoms. The van der Waals surface area contributed by atoms with Gasteiger partial charge in [0.25, 0.3) is 0 Å². The maximum Gasteiger partial charge on any atom is 0.321 e. The van der Waals surface area contributed by atoms with E-state index in [1.165, 1.54) is 0 Å². The summed E-state index contributed by atoms with van der Waals surface area (Å²) >= 11 is 0. The van der Waals surface area contributed by atoms with Crippen molar-refractivity contribution in [3.63, 3.8) is 0 Å². The number of nitrogens with zero attached hydrogens (tertiary/aromatic N) is 4. The summed E-state index contributed by atoms with van der Waals surface area (Å²) in [7, 11) is 0. The second-order valence-corrected chi connectivity index (χ2v) is 6.36. The lowest BCUT2D eigenvalue weighted by atomic mass is 10.3. The van der Waals surface area contributed by atoms with Crippen LogP contribution >= 0.6 is 0 Å². The van der Waals surface area contributed by atoms with Crippen LogP contribution in [0.25, 0.3) is 0 Å². The number of hydrogen-bond donors (Lipinski definition) is 1. The smallest absolute Gasteiger partial charge is 0.321 e. The second-order valence-electron chi connectivity index (χ2n) is 6.36. The van der Waals surface area contributed by atoms with Crippen molar-refractivity contribution >= 4 is 17.6 Å². The number of anilines is 2. The van der Waals surface area contributed by atoms with Crippen LogP contribution in [0.15, 0.2) is 34.7 Å². The van der Waals surface area contributed by atoms with Crippen molar-refractivity contribution in [2.24, 2.45) is 0 Å². The van der Waals surface area contributed by atoms with Crippen molar-refractivity contribution in [2.75, 3.05) is 36.4 Å². The van der Waals surface area contributed by atoms with Crippen LogP contribution in [0.2, 0.25) is 0 Å². The van der Waals surface area contributed by atoms with Gasteiger partial charge >= 0.3 is 6.03 Å². The first-order chi connectivity index (χ1) is 12.2. The molecule has 25 heavy (non-hydrogen) atoms. The number of hydrogen-bond acceptors (Lipinski definition) is 5. The van der Waals surface area contributed by atoms with E-state index < -0.39 is 0 Å². The number of oxazole rings is 1. The third-order valence-corrected chi connectivity index (χ3v) is 4.54. The predicted octanol–water partition coefficient (Wildman–Crippen LogP) is 2.78. The monoisotopic (exact) mass is 337 g/mol. The zero-order chi connectivity index (χ0) is 17.2. The van der Waals surface area contributed by atoms with Gasteiger partial charge in [-0.25, -0.2) is 9.78 Å². The number of carbonyl (C=O) groups is 1. The van der Waals surface area contributed by atoms with E-state index in [0.29, 0.717) is 49.6 Å². The third-order valence-electron chi connectivity index (χ3n) is 4.54. The number of rotatable bonds is 3. The lowest BCUT2D eigenvalue weighted by molar-refractivity contribution is 0.207. The summed E-state index contributed by atoms with van der Waals surface area (Å²) in [4.78, 5) is 20.4. The fourth-order valence-electron chi connectivity index (χ4n) is 2.96. The molecule has 0 radical (unpaired) electrons. The fraction of sp³-hybridized carbons (Fsp3) is 0.389. The van der Waals surface area contributed by atoms with Crippen molar-refractivity contribution in [1.29, 1.82) is 5.26 Å². The minimum Gasteiger partial charge on any atom is -0.423 e. The van der Waals surface area contributed by atoms with Crippen LogP contribution in [0.4, 0.5) is 16.4 Å². The summed E-state index contributed by atoms with van der Waals surface area (Å²) in [5.74, 6) is 1.60. The lowest BCUT2D eigenvalue weighted by Crippen LogP contribution is -2.50. The maximum absolute atomic E-state index is 12.3. The van der Waals surface area contributed by atoms with Crippen molar-refractivity contribution in [3.05, 3.63) is 41.9 Å². The summed E-state index contributed by atoms with van der Waals surface area (Å²) in [6, 6.07) is 11.4. The molecule has 0 atom stereocenters. The molecule has 2 aromatic rings. The van der Waals surface area contributed by atoms with Crippen LogP contribution in [0, 0.1) is 11.3 Å². The molecule has 1 aromatic heterocycles. The number of piperazine rings is 1. The quantitative estimate of drug-likeness (QED) is 0.931. The first-order valence-electron chi connectivity index (χ1n) is 8.51. The minimum atomic E-state index is -0.109. The Morgan fingerprint density at radius 1 is 1.20 bits per heavy atom. The molecule has 2 amide bonds. The van der Waals surface area contributed by atoms with Gasteiger partial charge < -0.3 is 19.5 Å². The molecule has 4 rings (SSSR count). The average molecular weight is 337 g/mol. The van der Waals surface area contributed by atoms with Gasteiger partial charge in [0, 0.05) is 37.8 Å². The van der Waals surface area contributed by atoms with Crippen molar-refractivity contribution in [2.45, 2.75) is 18.8 Å². The number of nitriles is 1. The molecule has 2 aliphatic rings. The molecule has 7 nitrogen and oxygen atoms in total. The number of aromatic nitrogens is 1. The van der Waals surface area contributed by atoms with Gasteiger partial charge in [-0.3, -0.25) is 0 Å². The van der Waals surface area contributed by atoms with E-state index in [-0.39, 0.29) is 6.03 Å². The number of urea groups is 1. The Labute approximate surface area is 145 Å². The molecule has 0 spiro atoms. The molecule has 1 aromatic carbocycles. The second kappa shape index (κ2) is 6.48. The van der Waals surface area contributed by atoms with E-state index >= 15 is 0 Å². The van der Waals surface area contributed by atoms with Crippen molar-refractivity contribution in [3.8, 4) is 6.07 Å². The van der Waals surface area contributed by atoms with Gasteiger partial charge in [0.05, 0.1) is 0 Å². The Kier molecular flexibility index (Phi) is 4.02. The van der Waals surface area contributed by atoms with E-state index in [4.69, 9.17) is 4.42 Å². The van der Waals surface area contributed by atoms with E-state index in [0.717, 1.165) is 18.5 Å². The molecular formula is C18H19N5O2. The van der Waals surface area contributed by atoms with Gasteiger partial charge in [0.2, 0.25) is 17.5 Å². The van der Waals surface area contributed by atoms with Crippen molar-refractivity contribution < 1.29 is 9.21 Å². The van der Waals surface area contributed by atoms with E-state index in [1.54, 1.807) is 4.90 Å². The summed E-state index contributed by atoms with van der Waals surface area (Å²) in [5.41, 5.74) is 1.13. The predicted molar refractivity (Wildman–Crippen MR) is 92.4 cm³/mol. The zero-order valence-corrected chi connectivity index (χ0v) is 13.8. The molecule has 2 heterocycles. The van der Waals surface area contributed by atoms with E-state index in [9.17, 15) is 10.1 Å². The highest BCUT2D eigenvalue weighted by atomic mass is 16.4. The number of para-hydroxylation sites is 1. The summed E-state index contributed by atoms with van der Waals surface area (Å²) in [5, 5.41) is 12.2. The largest absolute Gasteiger partial charge is 0.423 e. The normalized spacial score (nSPS) is 17.2. The van der Waals surface area contributed by atoms with Gasteiger partial charge in [0.1, 0.15) is 6.07 Å². The molecule has 7 heteroatoms.